The Hall–Kier alpha value is -1.45. The molecule has 0 rings (SSSR count). The van der Waals surface area contributed by atoms with Gasteiger partial charge in [0.25, 0.3) is 0 Å². The summed E-state index contributed by atoms with van der Waals surface area (Å²) in [5.41, 5.74) is -0.307. The molecule has 22 heavy (non-hydrogen) atoms. The van der Waals surface area contributed by atoms with Gasteiger partial charge in [0.2, 0.25) is 0 Å². The highest BCUT2D eigenvalue weighted by Crippen LogP contribution is 2.14. The van der Waals surface area contributed by atoms with Crippen LogP contribution < -0.4 is 0 Å². The van der Waals surface area contributed by atoms with Crippen molar-refractivity contribution in [3.63, 3.8) is 0 Å². The average Bonchev–Trinajstić information content (AvgIpc) is 2.25. The number of carbonyl (C=O) groups excluding carboxylic acids is 2. The van der Waals surface area contributed by atoms with E-state index in [1.54, 1.807) is 13.0 Å². The van der Waals surface area contributed by atoms with Gasteiger partial charge in [-0.05, 0) is 12.3 Å². The maximum absolute atomic E-state index is 10.5. The van der Waals surface area contributed by atoms with E-state index < -0.39 is 5.97 Å². The molecule has 0 aromatic carbocycles. The molecular weight excluding hydrogens is 280 g/mol. The van der Waals surface area contributed by atoms with Gasteiger partial charge in [0.1, 0.15) is 12.1 Å². The highest BCUT2D eigenvalue weighted by molar-refractivity contribution is 5.81. The smallest absolute Gasteiger partial charge is 0.327 e. The summed E-state index contributed by atoms with van der Waals surface area (Å²) in [7, 11) is 0. The van der Waals surface area contributed by atoms with Gasteiger partial charge in [0.05, 0.1) is 0 Å². The molecule has 0 aliphatic rings. The lowest BCUT2D eigenvalue weighted by Gasteiger charge is -2.11. The monoisotopic (exact) mass is 314 g/mol. The number of carbonyl (C=O) groups is 3. The Balaban J connectivity index is -0.000000252. The summed E-state index contributed by atoms with van der Waals surface area (Å²) in [5.74, 6) is -0.641. The normalized spacial score (nSPS) is 11.7. The van der Waals surface area contributed by atoms with Crippen LogP contribution in [0.3, 0.4) is 0 Å². The summed E-state index contributed by atoms with van der Waals surface area (Å²) in [6.45, 7) is 18.8. The molecule has 0 saturated carbocycles. The van der Waals surface area contributed by atoms with Gasteiger partial charge in [-0.3, -0.25) is 4.79 Å². The lowest BCUT2D eigenvalue weighted by atomic mass is 9.92. The molecule has 130 valence electrons. The molecule has 0 amide bonds. The van der Waals surface area contributed by atoms with E-state index in [0.717, 1.165) is 6.29 Å². The van der Waals surface area contributed by atoms with Gasteiger partial charge in [-0.15, -0.1) is 0 Å². The molecule has 1 N–H and O–H groups in total. The number of carboxylic acid groups (broad SMARTS) is 1. The number of hydrogen-bond donors (Lipinski definition) is 1. The molecule has 0 spiro atoms. The second-order valence-corrected chi connectivity index (χ2v) is 8.33. The van der Waals surface area contributed by atoms with Crippen LogP contribution in [0.15, 0.2) is 12.2 Å². The maximum Gasteiger partial charge on any atom is 0.327 e. The molecule has 0 saturated heterocycles. The van der Waals surface area contributed by atoms with E-state index in [1.165, 1.54) is 6.08 Å². The Morgan fingerprint density at radius 2 is 1.09 bits per heavy atom. The van der Waals surface area contributed by atoms with Gasteiger partial charge in [-0.2, -0.15) is 0 Å². The van der Waals surface area contributed by atoms with Gasteiger partial charge in [-0.25, -0.2) is 4.79 Å². The summed E-state index contributed by atoms with van der Waals surface area (Å²) in [5, 5.41) is 8.19. The minimum absolute atomic E-state index is 0.0294. The van der Waals surface area contributed by atoms with Gasteiger partial charge >= 0.3 is 5.97 Å². The Bertz CT molecular complexity index is 371. The average molecular weight is 314 g/mol. The van der Waals surface area contributed by atoms with E-state index in [1.807, 2.05) is 62.3 Å². The van der Waals surface area contributed by atoms with Crippen molar-refractivity contribution < 1.29 is 19.5 Å². The molecule has 0 aromatic heterocycles. The molecule has 0 aliphatic carbocycles. The van der Waals surface area contributed by atoms with Crippen molar-refractivity contribution in [3.8, 4) is 0 Å². The summed E-state index contributed by atoms with van der Waals surface area (Å²) >= 11 is 0. The minimum atomic E-state index is -0.884. The van der Waals surface area contributed by atoms with Crippen LogP contribution >= 0.6 is 0 Å². The third-order valence-electron chi connectivity index (χ3n) is 2.14. The first kappa shape index (κ1) is 25.5. The topological polar surface area (TPSA) is 71.4 Å². The summed E-state index contributed by atoms with van der Waals surface area (Å²) < 4.78 is 0. The number of aldehydes is 1. The lowest BCUT2D eigenvalue weighted by Crippen LogP contribution is -2.15. The zero-order valence-corrected chi connectivity index (χ0v) is 15.9. The predicted molar refractivity (Wildman–Crippen MR) is 91.9 cm³/mol. The zero-order chi connectivity index (χ0) is 18.8. The zero-order valence-electron chi connectivity index (χ0n) is 15.9. The third-order valence-corrected chi connectivity index (χ3v) is 2.14. The molecule has 0 bridgehead atoms. The van der Waals surface area contributed by atoms with Crippen molar-refractivity contribution in [2.75, 3.05) is 0 Å². The largest absolute Gasteiger partial charge is 0.478 e. The quantitative estimate of drug-likeness (QED) is 0.570. The van der Waals surface area contributed by atoms with Crippen molar-refractivity contribution in [3.05, 3.63) is 12.2 Å². The van der Waals surface area contributed by atoms with Crippen molar-refractivity contribution in [1.82, 2.24) is 0 Å². The minimum Gasteiger partial charge on any atom is -0.478 e. The molecule has 0 heterocycles. The number of aliphatic carboxylic acids is 1. The number of rotatable bonds is 1. The fourth-order valence-electron chi connectivity index (χ4n) is 0.321. The Labute approximate surface area is 136 Å². The third kappa shape index (κ3) is 31.1. The van der Waals surface area contributed by atoms with Crippen molar-refractivity contribution in [1.29, 1.82) is 0 Å². The summed E-state index contributed by atoms with van der Waals surface area (Å²) in [4.78, 5) is 30.3. The number of ketones is 1. The summed E-state index contributed by atoms with van der Waals surface area (Å²) in [6, 6.07) is 0. The molecule has 0 aromatic rings. The van der Waals surface area contributed by atoms with Gasteiger partial charge < -0.3 is 9.90 Å². The first-order valence-corrected chi connectivity index (χ1v) is 7.32. The maximum atomic E-state index is 10.5. The second-order valence-electron chi connectivity index (χ2n) is 8.33. The van der Waals surface area contributed by atoms with E-state index in [4.69, 9.17) is 5.11 Å². The fourth-order valence-corrected chi connectivity index (χ4v) is 0.321. The number of carboxylic acids is 1. The van der Waals surface area contributed by atoms with Crippen LogP contribution in [0, 0.1) is 16.2 Å². The van der Waals surface area contributed by atoms with E-state index in [0.29, 0.717) is 0 Å². The fraction of sp³-hybridized carbons (Fsp3) is 0.722. The van der Waals surface area contributed by atoms with Gasteiger partial charge in [0, 0.05) is 16.9 Å². The molecule has 0 fully saturated rings. The van der Waals surface area contributed by atoms with Gasteiger partial charge in [0.15, 0.2) is 0 Å². The lowest BCUT2D eigenvalue weighted by molar-refractivity contribution is -0.131. The Morgan fingerprint density at radius 3 is 1.14 bits per heavy atom. The Kier molecular flexibility index (Phi) is 11.9. The second kappa shape index (κ2) is 10.3. The molecule has 0 atom stereocenters. The van der Waals surface area contributed by atoms with Crippen LogP contribution in [0.4, 0.5) is 0 Å². The highest BCUT2D eigenvalue weighted by Gasteiger charge is 2.14. The highest BCUT2D eigenvalue weighted by atomic mass is 16.4. The van der Waals surface area contributed by atoms with Gasteiger partial charge in [-0.1, -0.05) is 68.4 Å². The molecule has 0 aliphatic heterocycles. The van der Waals surface area contributed by atoms with E-state index in [9.17, 15) is 14.4 Å². The number of hydrogen-bond acceptors (Lipinski definition) is 3. The molecule has 4 heteroatoms. The van der Waals surface area contributed by atoms with Crippen LogP contribution in [0.25, 0.3) is 0 Å². The van der Waals surface area contributed by atoms with Crippen LogP contribution in [-0.2, 0) is 14.4 Å². The van der Waals surface area contributed by atoms with E-state index in [2.05, 4.69) is 0 Å². The van der Waals surface area contributed by atoms with Crippen LogP contribution in [0.1, 0.15) is 69.2 Å². The predicted octanol–water partition coefficient (Wildman–Crippen LogP) is 4.53. The molecule has 4 nitrogen and oxygen atoms in total. The Morgan fingerprint density at radius 1 is 0.818 bits per heavy atom. The summed E-state index contributed by atoms with van der Waals surface area (Å²) in [6.07, 6.45) is 3.77. The molecular formula is C18H34O4. The number of Topliss-reactive ketones (excluding diaryl/α,β-unsaturated/α-hetero) is 1. The van der Waals surface area contributed by atoms with E-state index in [-0.39, 0.29) is 22.0 Å². The number of allylic oxidation sites excluding steroid dienone is 1. The van der Waals surface area contributed by atoms with E-state index >= 15 is 0 Å². The van der Waals surface area contributed by atoms with Crippen molar-refractivity contribution in [2.24, 2.45) is 16.2 Å². The first-order valence-electron chi connectivity index (χ1n) is 7.32. The van der Waals surface area contributed by atoms with Crippen molar-refractivity contribution in [2.45, 2.75) is 69.2 Å². The SMILES string of the molecule is CC(=O)C(C)(C)C.CC(C)(C)/C=C/C(=O)O.CC(C)(C)C=O. The first-order chi connectivity index (χ1) is 9.42. The van der Waals surface area contributed by atoms with Crippen LogP contribution in [0.2, 0.25) is 0 Å². The van der Waals surface area contributed by atoms with Crippen molar-refractivity contribution >= 4 is 18.0 Å². The molecule has 0 unspecified atom stereocenters. The molecule has 0 radical (unpaired) electrons. The standard InChI is InChI=1S/C7H12O2.C6H12O.C5H10O/c1-7(2,3)5-4-6(8)9;1-5(7)6(2,3)4;1-5(2,3)4-6/h4-5H,1-3H3,(H,8,9);1-4H3;4H,1-3H3/b5-4+;;. The van der Waals surface area contributed by atoms with Crippen LogP contribution in [-0.4, -0.2) is 23.1 Å². The van der Waals surface area contributed by atoms with Crippen LogP contribution in [0.5, 0.6) is 0 Å².